The Hall–Kier alpha value is 0.128. The Balaban J connectivity index is 0.000000180. The largest absolute Gasteiger partial charge is 0.0623 e. The van der Waals surface area contributed by atoms with Crippen molar-refractivity contribution in [3.63, 3.8) is 0 Å². The second-order valence-corrected chi connectivity index (χ2v) is 3.33. The van der Waals surface area contributed by atoms with Gasteiger partial charge in [0.05, 0.1) is 0 Å². The van der Waals surface area contributed by atoms with E-state index < -0.39 is 0 Å². The topological polar surface area (TPSA) is 0 Å². The van der Waals surface area contributed by atoms with Crippen LogP contribution in [0.4, 0.5) is 0 Å². The molecule has 2 heteroatoms. The molecule has 0 aliphatic rings. The fourth-order valence-electron chi connectivity index (χ4n) is 0.385. The van der Waals surface area contributed by atoms with Gasteiger partial charge in [0.2, 0.25) is 0 Å². The van der Waals surface area contributed by atoms with Crippen LogP contribution in [0, 0.1) is 0 Å². The van der Waals surface area contributed by atoms with Gasteiger partial charge in [-0.2, -0.15) is 0 Å². The first-order valence-electron chi connectivity index (χ1n) is 3.22. The summed E-state index contributed by atoms with van der Waals surface area (Å²) in [5, 5.41) is 1.25. The molecule has 0 saturated heterocycles. The smallest absolute Gasteiger partial charge is 0.0623 e. The Labute approximate surface area is 76.9 Å². The van der Waals surface area contributed by atoms with Gasteiger partial charge in [-0.25, -0.2) is 0 Å². The van der Waals surface area contributed by atoms with Crippen molar-refractivity contribution < 1.29 is 0 Å². The van der Waals surface area contributed by atoms with Gasteiger partial charge in [0.1, 0.15) is 0 Å². The van der Waals surface area contributed by atoms with E-state index in [1.807, 2.05) is 36.4 Å². The minimum Gasteiger partial charge on any atom is -0.0623 e. The molecule has 1 unspecified atom stereocenters. The molecule has 0 spiro atoms. The molecule has 1 atom stereocenters. The van der Waals surface area contributed by atoms with Crippen molar-refractivity contribution in [3.05, 3.63) is 36.4 Å². The summed E-state index contributed by atoms with van der Waals surface area (Å²) < 4.78 is 0. The van der Waals surface area contributed by atoms with E-state index in [1.165, 1.54) is 5.21 Å². The molecular weight excluding hydrogens is 203 g/mol. The zero-order chi connectivity index (χ0) is 7.66. The predicted octanol–water partition coefficient (Wildman–Crippen LogP) is 1.65. The van der Waals surface area contributed by atoms with Crippen LogP contribution in [0.5, 0.6) is 0 Å². The van der Waals surface area contributed by atoms with Gasteiger partial charge >= 0.3 is 40.4 Å². The molecule has 1 aromatic carbocycles. The molecule has 0 aromatic heterocycles. The quantitative estimate of drug-likeness (QED) is 0.535. The van der Waals surface area contributed by atoms with Crippen LogP contribution >= 0.6 is 12.6 Å². The van der Waals surface area contributed by atoms with Gasteiger partial charge in [0, 0.05) is 0 Å². The number of benzene rings is 1. The Morgan fingerprint density at radius 3 is 1.20 bits per heavy atom. The SMILES string of the molecule is SCC[AsH2].c1ccccc1. The molecule has 1 aromatic rings. The van der Waals surface area contributed by atoms with Crippen molar-refractivity contribution in [2.75, 3.05) is 5.75 Å². The van der Waals surface area contributed by atoms with Crippen molar-refractivity contribution >= 4 is 29.5 Å². The first kappa shape index (κ1) is 10.1. The third kappa shape index (κ3) is 8.13. The Morgan fingerprint density at radius 2 is 1.10 bits per heavy atom. The van der Waals surface area contributed by atoms with Gasteiger partial charge in [-0.3, -0.25) is 0 Å². The van der Waals surface area contributed by atoms with Gasteiger partial charge in [-0.15, -0.1) is 0 Å². The number of hydrogen-bond donors (Lipinski definition) is 1. The molecule has 0 aliphatic heterocycles. The van der Waals surface area contributed by atoms with E-state index in [2.05, 4.69) is 12.6 Å². The van der Waals surface area contributed by atoms with Gasteiger partial charge in [-0.1, -0.05) is 36.4 Å². The molecule has 10 heavy (non-hydrogen) atoms. The second-order valence-electron chi connectivity index (χ2n) is 1.67. The summed E-state index contributed by atoms with van der Waals surface area (Å²) in [4.78, 5) is 0. The van der Waals surface area contributed by atoms with Gasteiger partial charge in [-0.05, 0) is 0 Å². The van der Waals surface area contributed by atoms with E-state index in [0.29, 0.717) is 0 Å². The van der Waals surface area contributed by atoms with Gasteiger partial charge in [0.15, 0.2) is 0 Å². The summed E-state index contributed by atoms with van der Waals surface area (Å²) in [7, 11) is 0. The predicted molar refractivity (Wildman–Crippen MR) is 53.6 cm³/mol. The molecule has 0 amide bonds. The minimum atomic E-state index is 1.04. The van der Waals surface area contributed by atoms with Crippen LogP contribution < -0.4 is 0 Å². The van der Waals surface area contributed by atoms with Gasteiger partial charge in [0.25, 0.3) is 0 Å². The summed E-state index contributed by atoms with van der Waals surface area (Å²) in [5.74, 6) is 1.04. The summed E-state index contributed by atoms with van der Waals surface area (Å²) in [6.07, 6.45) is 0. The molecule has 0 fully saturated rings. The Kier molecular flexibility index (Phi) is 9.25. The summed E-state index contributed by atoms with van der Waals surface area (Å²) in [6.45, 7) is 0. The Bertz CT molecular complexity index is 101. The van der Waals surface area contributed by atoms with Crippen LogP contribution in [0.2, 0.25) is 5.21 Å². The molecule has 0 saturated carbocycles. The van der Waals surface area contributed by atoms with Gasteiger partial charge < -0.3 is 0 Å². The van der Waals surface area contributed by atoms with Crippen molar-refractivity contribution in [2.24, 2.45) is 0 Å². The molecule has 0 aliphatic carbocycles. The third-order valence-corrected chi connectivity index (χ3v) is 2.68. The minimum absolute atomic E-state index is 1.04. The van der Waals surface area contributed by atoms with E-state index in [0.717, 1.165) is 5.75 Å². The van der Waals surface area contributed by atoms with Crippen LogP contribution in [0.25, 0.3) is 0 Å². The summed E-state index contributed by atoms with van der Waals surface area (Å²) >= 11 is 5.68. The molecule has 0 radical (unpaired) electrons. The molecular formula is C8H13AsS. The second kappa shape index (κ2) is 9.13. The maximum absolute atomic E-state index is 3.94. The number of thiol groups is 1. The molecule has 0 bridgehead atoms. The molecule has 0 heterocycles. The number of hydrogen-bond acceptors (Lipinski definition) is 1. The molecule has 0 nitrogen and oxygen atoms in total. The molecule has 56 valence electrons. The summed E-state index contributed by atoms with van der Waals surface area (Å²) in [6, 6.07) is 12.0. The van der Waals surface area contributed by atoms with Crippen LogP contribution in [0.1, 0.15) is 0 Å². The normalized spacial score (nSPS) is 7.80. The maximum atomic E-state index is 3.94. The zero-order valence-corrected chi connectivity index (χ0v) is 9.22. The average molecular weight is 216 g/mol. The fourth-order valence-corrected chi connectivity index (χ4v) is 0.385. The van der Waals surface area contributed by atoms with Crippen LogP contribution in [0.3, 0.4) is 0 Å². The average Bonchev–Trinajstić information content (AvgIpc) is 2.08. The first-order valence-corrected chi connectivity index (χ1v) is 5.57. The van der Waals surface area contributed by atoms with Crippen molar-refractivity contribution in [1.82, 2.24) is 0 Å². The van der Waals surface area contributed by atoms with Crippen molar-refractivity contribution in [1.29, 1.82) is 0 Å². The van der Waals surface area contributed by atoms with Crippen molar-refractivity contribution in [3.8, 4) is 0 Å². The molecule has 0 N–H and O–H groups in total. The molecule has 1 rings (SSSR count). The van der Waals surface area contributed by atoms with Crippen LogP contribution in [-0.4, -0.2) is 22.6 Å². The Morgan fingerprint density at radius 1 is 0.900 bits per heavy atom. The van der Waals surface area contributed by atoms with Crippen LogP contribution in [0.15, 0.2) is 36.4 Å². The van der Waals surface area contributed by atoms with E-state index in [9.17, 15) is 0 Å². The fraction of sp³-hybridized carbons (Fsp3) is 0.250. The van der Waals surface area contributed by atoms with E-state index >= 15 is 0 Å². The number of rotatable bonds is 1. The zero-order valence-electron chi connectivity index (χ0n) is 5.90. The van der Waals surface area contributed by atoms with E-state index in [-0.39, 0.29) is 0 Å². The monoisotopic (exact) mass is 216 g/mol. The van der Waals surface area contributed by atoms with E-state index in [1.54, 1.807) is 16.9 Å². The third-order valence-electron chi connectivity index (χ3n) is 0.796. The first-order chi connectivity index (χ1) is 4.91. The standard InChI is InChI=1S/C6H6.C2H7AsS/c1-2-4-6-5-3-1;3-1-2-4/h1-6H;4H,1-3H2. The summed E-state index contributed by atoms with van der Waals surface area (Å²) in [5.41, 5.74) is 0. The van der Waals surface area contributed by atoms with E-state index in [4.69, 9.17) is 0 Å². The maximum Gasteiger partial charge on any atom is -0.0623 e. The van der Waals surface area contributed by atoms with Crippen LogP contribution in [-0.2, 0) is 0 Å². The van der Waals surface area contributed by atoms with Crippen molar-refractivity contribution in [2.45, 2.75) is 5.21 Å².